The Labute approximate surface area is 158 Å². The number of carbonyl (C=O) groups excluding carboxylic acids is 1. The van der Waals surface area contributed by atoms with E-state index in [-0.39, 0.29) is 16.8 Å². The quantitative estimate of drug-likeness (QED) is 0.812. The number of ether oxygens (including phenoxy) is 2. The number of aromatic nitrogens is 1. The number of nitrogens with zero attached hydrogens (tertiary/aromatic N) is 2. The van der Waals surface area contributed by atoms with Crippen LogP contribution in [0.3, 0.4) is 0 Å². The van der Waals surface area contributed by atoms with Crippen molar-refractivity contribution in [3.05, 3.63) is 36.2 Å². The molecule has 1 aliphatic heterocycles. The molecular formula is C18H23N3O5S. The molecule has 0 spiro atoms. The van der Waals surface area contributed by atoms with Crippen molar-refractivity contribution in [2.45, 2.75) is 31.3 Å². The zero-order valence-electron chi connectivity index (χ0n) is 15.7. The lowest BCUT2D eigenvalue weighted by Crippen LogP contribution is -2.43. The van der Waals surface area contributed by atoms with Gasteiger partial charge in [0.15, 0.2) is 0 Å². The van der Waals surface area contributed by atoms with Gasteiger partial charge in [-0.2, -0.15) is 0 Å². The van der Waals surface area contributed by atoms with Crippen LogP contribution in [-0.2, 0) is 16.6 Å². The Balaban J connectivity index is 1.91. The molecular weight excluding hydrogens is 370 g/mol. The highest BCUT2D eigenvalue weighted by Gasteiger charge is 2.29. The summed E-state index contributed by atoms with van der Waals surface area (Å²) in [7, 11) is -0.897. The summed E-state index contributed by atoms with van der Waals surface area (Å²) in [5.41, 5.74) is 0.684. The van der Waals surface area contributed by atoms with Crippen LogP contribution in [0, 0.1) is 0 Å². The van der Waals surface area contributed by atoms with E-state index in [4.69, 9.17) is 9.47 Å². The van der Waals surface area contributed by atoms with Crippen LogP contribution in [0.5, 0.6) is 11.5 Å². The average Bonchev–Trinajstić information content (AvgIpc) is 3.07. The first-order valence-electron chi connectivity index (χ1n) is 8.52. The lowest BCUT2D eigenvalue weighted by Gasteiger charge is -2.31. The Bertz CT molecular complexity index is 943. The van der Waals surface area contributed by atoms with Crippen molar-refractivity contribution in [3.8, 4) is 11.5 Å². The fraction of sp³-hybridized carbons (Fsp3) is 0.389. The van der Waals surface area contributed by atoms with Gasteiger partial charge in [-0.3, -0.25) is 9.52 Å². The SMILES string of the molecule is COc1cc(NS(=O)(=O)c2cc3n(c2)CCN(C(C)C)C3=O)cc(OC)c1. The molecule has 0 radical (unpaired) electrons. The molecule has 27 heavy (non-hydrogen) atoms. The number of amides is 1. The molecule has 9 heteroatoms. The first kappa shape index (κ1) is 19.1. The van der Waals surface area contributed by atoms with E-state index in [0.717, 1.165) is 0 Å². The predicted octanol–water partition coefficient (Wildman–Crippen LogP) is 2.17. The second-order valence-corrected chi connectivity index (χ2v) is 8.24. The Kier molecular flexibility index (Phi) is 5.05. The summed E-state index contributed by atoms with van der Waals surface area (Å²) < 4.78 is 40.1. The van der Waals surface area contributed by atoms with Crippen molar-refractivity contribution >= 4 is 21.6 Å². The van der Waals surface area contributed by atoms with Crippen LogP contribution in [0.2, 0.25) is 0 Å². The van der Waals surface area contributed by atoms with Gasteiger partial charge in [0.25, 0.3) is 15.9 Å². The van der Waals surface area contributed by atoms with Gasteiger partial charge < -0.3 is 18.9 Å². The van der Waals surface area contributed by atoms with Gasteiger partial charge in [-0.25, -0.2) is 8.42 Å². The maximum absolute atomic E-state index is 12.8. The van der Waals surface area contributed by atoms with Crippen LogP contribution in [0.25, 0.3) is 0 Å². The molecule has 0 unspecified atom stereocenters. The topological polar surface area (TPSA) is 89.9 Å². The molecule has 2 heterocycles. The van der Waals surface area contributed by atoms with E-state index >= 15 is 0 Å². The monoisotopic (exact) mass is 393 g/mol. The summed E-state index contributed by atoms with van der Waals surface area (Å²) in [6.45, 7) is 4.98. The number of benzene rings is 1. The number of carbonyl (C=O) groups is 1. The summed E-state index contributed by atoms with van der Waals surface area (Å²) in [5.74, 6) is 0.762. The minimum absolute atomic E-state index is 0.0400. The molecule has 1 aromatic heterocycles. The second kappa shape index (κ2) is 7.15. The van der Waals surface area contributed by atoms with Crippen molar-refractivity contribution in [2.75, 3.05) is 25.5 Å². The first-order valence-corrected chi connectivity index (χ1v) is 10.0. The minimum Gasteiger partial charge on any atom is -0.497 e. The van der Waals surface area contributed by atoms with E-state index in [1.165, 1.54) is 26.5 Å². The molecule has 0 aliphatic carbocycles. The molecule has 0 bridgehead atoms. The number of rotatable bonds is 6. The Morgan fingerprint density at radius 1 is 1.04 bits per heavy atom. The van der Waals surface area contributed by atoms with Gasteiger partial charge in [0.1, 0.15) is 22.1 Å². The van der Waals surface area contributed by atoms with Crippen LogP contribution in [0.1, 0.15) is 24.3 Å². The molecule has 3 rings (SSSR count). The van der Waals surface area contributed by atoms with Crippen LogP contribution in [0.4, 0.5) is 5.69 Å². The van der Waals surface area contributed by atoms with Crippen molar-refractivity contribution in [3.63, 3.8) is 0 Å². The molecule has 146 valence electrons. The number of sulfonamides is 1. The maximum atomic E-state index is 12.8. The Morgan fingerprint density at radius 3 is 2.22 bits per heavy atom. The number of hydrogen-bond donors (Lipinski definition) is 1. The van der Waals surface area contributed by atoms with Gasteiger partial charge >= 0.3 is 0 Å². The molecule has 0 saturated heterocycles. The third-order valence-electron chi connectivity index (χ3n) is 4.47. The summed E-state index contributed by atoms with van der Waals surface area (Å²) in [5, 5.41) is 0. The van der Waals surface area contributed by atoms with E-state index in [0.29, 0.717) is 36.0 Å². The van der Waals surface area contributed by atoms with Crippen LogP contribution in [-0.4, -0.2) is 50.6 Å². The van der Waals surface area contributed by atoms with Crippen LogP contribution in [0.15, 0.2) is 35.4 Å². The number of hydrogen-bond acceptors (Lipinski definition) is 5. The van der Waals surface area contributed by atoms with Gasteiger partial charge in [-0.1, -0.05) is 0 Å². The van der Waals surface area contributed by atoms with Gasteiger partial charge in [-0.15, -0.1) is 0 Å². The molecule has 8 nitrogen and oxygen atoms in total. The minimum atomic E-state index is -3.87. The molecule has 1 aliphatic rings. The lowest BCUT2D eigenvalue weighted by atomic mass is 10.2. The number of methoxy groups -OCH3 is 2. The zero-order valence-corrected chi connectivity index (χ0v) is 16.5. The molecule has 0 atom stereocenters. The summed E-state index contributed by atoms with van der Waals surface area (Å²) in [6.07, 6.45) is 1.49. The molecule has 2 aromatic rings. The number of nitrogens with one attached hydrogen (secondary N) is 1. The van der Waals surface area contributed by atoms with E-state index in [1.54, 1.807) is 27.7 Å². The Morgan fingerprint density at radius 2 is 1.67 bits per heavy atom. The van der Waals surface area contributed by atoms with Crippen LogP contribution >= 0.6 is 0 Å². The van der Waals surface area contributed by atoms with E-state index < -0.39 is 10.0 Å². The Hall–Kier alpha value is -2.68. The molecule has 1 N–H and O–H groups in total. The van der Waals surface area contributed by atoms with Crippen molar-refractivity contribution in [2.24, 2.45) is 0 Å². The highest BCUT2D eigenvalue weighted by atomic mass is 32.2. The standard InChI is InChI=1S/C18H23N3O5S/c1-12(2)21-6-5-20-11-16(10-17(20)18(21)22)27(23,24)19-13-7-14(25-3)9-15(8-13)26-4/h7-12,19H,5-6H2,1-4H3. The average molecular weight is 393 g/mol. The smallest absolute Gasteiger partial charge is 0.270 e. The number of fused-ring (bicyclic) bond motifs is 1. The molecule has 0 saturated carbocycles. The number of anilines is 1. The first-order chi connectivity index (χ1) is 12.7. The van der Waals surface area contributed by atoms with Crippen molar-refractivity contribution in [1.29, 1.82) is 0 Å². The predicted molar refractivity (Wildman–Crippen MR) is 101 cm³/mol. The third-order valence-corrected chi connectivity index (χ3v) is 5.82. The fourth-order valence-corrected chi connectivity index (χ4v) is 4.11. The summed E-state index contributed by atoms with van der Waals surface area (Å²) in [4.78, 5) is 14.3. The highest BCUT2D eigenvalue weighted by molar-refractivity contribution is 7.92. The highest BCUT2D eigenvalue weighted by Crippen LogP contribution is 2.28. The van der Waals surface area contributed by atoms with Crippen molar-refractivity contribution in [1.82, 2.24) is 9.47 Å². The van der Waals surface area contributed by atoms with Gasteiger partial charge in [0.05, 0.1) is 19.9 Å². The van der Waals surface area contributed by atoms with Crippen molar-refractivity contribution < 1.29 is 22.7 Å². The fourth-order valence-electron chi connectivity index (χ4n) is 3.03. The van der Waals surface area contributed by atoms with E-state index in [2.05, 4.69) is 4.72 Å². The molecule has 1 aromatic carbocycles. The third kappa shape index (κ3) is 3.73. The van der Waals surface area contributed by atoms with Gasteiger partial charge in [0.2, 0.25) is 0 Å². The van der Waals surface area contributed by atoms with E-state index in [1.807, 2.05) is 13.8 Å². The maximum Gasteiger partial charge on any atom is 0.270 e. The van der Waals surface area contributed by atoms with Gasteiger partial charge in [0, 0.05) is 43.5 Å². The second-order valence-electron chi connectivity index (χ2n) is 6.55. The van der Waals surface area contributed by atoms with Gasteiger partial charge in [-0.05, 0) is 19.9 Å². The zero-order chi connectivity index (χ0) is 19.8. The largest absolute Gasteiger partial charge is 0.497 e. The lowest BCUT2D eigenvalue weighted by molar-refractivity contribution is 0.0649. The normalized spacial score (nSPS) is 14.3. The van der Waals surface area contributed by atoms with Crippen LogP contribution < -0.4 is 14.2 Å². The summed E-state index contributed by atoms with van der Waals surface area (Å²) in [6, 6.07) is 6.23. The van der Waals surface area contributed by atoms with E-state index in [9.17, 15) is 13.2 Å². The molecule has 0 fully saturated rings. The molecule has 1 amide bonds. The summed E-state index contributed by atoms with van der Waals surface area (Å²) >= 11 is 0.